The molecule has 1 amide bonds. The third kappa shape index (κ3) is 8.46. The van der Waals surface area contributed by atoms with Crippen molar-refractivity contribution >= 4 is 45.9 Å². The topological polar surface area (TPSA) is 120 Å². The van der Waals surface area contributed by atoms with E-state index < -0.39 is 10.0 Å². The lowest BCUT2D eigenvalue weighted by atomic mass is 10.3. The van der Waals surface area contributed by atoms with Crippen molar-refractivity contribution in [1.29, 1.82) is 0 Å². The quantitative estimate of drug-likeness (QED) is 0.281. The summed E-state index contributed by atoms with van der Waals surface area (Å²) < 4.78 is 31.2. The molecule has 0 radical (unpaired) electrons. The van der Waals surface area contributed by atoms with Crippen molar-refractivity contribution < 1.29 is 17.7 Å². The number of nitrogens with one attached hydrogen (secondary N) is 2. The minimum absolute atomic E-state index is 0. The Kier molecular flexibility index (Phi) is 10.9. The number of hydrogen-bond acceptors (Lipinski definition) is 6. The standard InChI is InChI=1S/C17H30N6O4S.HI/c1-4-18-17(19-7-5-16(24)20-14(2)3)22-8-10-23(11-9-22)28(25,26)13-15-6-12-27-21-15;/h6,12,14H,4-5,7-11,13H2,1-3H3,(H,18,19)(H,20,24);1H. The van der Waals surface area contributed by atoms with Gasteiger partial charge in [-0.25, -0.2) is 8.42 Å². The number of hydrogen-bond donors (Lipinski definition) is 2. The number of rotatable bonds is 8. The molecule has 0 unspecified atom stereocenters. The third-order valence-electron chi connectivity index (χ3n) is 4.14. The zero-order chi connectivity index (χ0) is 20.6. The van der Waals surface area contributed by atoms with Gasteiger partial charge in [-0.15, -0.1) is 24.0 Å². The highest BCUT2D eigenvalue weighted by atomic mass is 127. The minimum Gasteiger partial charge on any atom is -0.364 e. The zero-order valence-electron chi connectivity index (χ0n) is 17.1. The highest BCUT2D eigenvalue weighted by molar-refractivity contribution is 14.0. The van der Waals surface area contributed by atoms with Gasteiger partial charge in [0.15, 0.2) is 5.96 Å². The maximum atomic E-state index is 12.5. The number of carbonyl (C=O) groups excluding carboxylic acids is 1. The van der Waals surface area contributed by atoms with Crippen LogP contribution in [0.1, 0.15) is 32.9 Å². The summed E-state index contributed by atoms with van der Waals surface area (Å²) in [4.78, 5) is 18.3. The molecule has 1 aromatic heterocycles. The molecule has 10 nitrogen and oxygen atoms in total. The molecule has 1 aliphatic rings. The van der Waals surface area contributed by atoms with Gasteiger partial charge in [-0.3, -0.25) is 9.79 Å². The van der Waals surface area contributed by atoms with E-state index in [-0.39, 0.29) is 41.7 Å². The van der Waals surface area contributed by atoms with Gasteiger partial charge in [0, 0.05) is 51.3 Å². The van der Waals surface area contributed by atoms with Crippen LogP contribution in [0.5, 0.6) is 0 Å². The maximum absolute atomic E-state index is 12.5. The first-order chi connectivity index (χ1) is 13.3. The van der Waals surface area contributed by atoms with Crippen molar-refractivity contribution in [2.24, 2.45) is 4.99 Å². The van der Waals surface area contributed by atoms with E-state index in [0.717, 1.165) is 0 Å². The molecule has 0 atom stereocenters. The molecule has 12 heteroatoms. The van der Waals surface area contributed by atoms with E-state index in [1.54, 1.807) is 6.07 Å². The van der Waals surface area contributed by atoms with Gasteiger partial charge in [0.25, 0.3) is 0 Å². The molecule has 166 valence electrons. The molecule has 1 fully saturated rings. The van der Waals surface area contributed by atoms with Crippen LogP contribution in [-0.4, -0.2) is 80.0 Å². The number of piperazine rings is 1. The molecular weight excluding hydrogens is 511 g/mol. The van der Waals surface area contributed by atoms with E-state index in [1.807, 2.05) is 25.7 Å². The number of nitrogens with zero attached hydrogens (tertiary/aromatic N) is 4. The molecule has 1 saturated heterocycles. The van der Waals surface area contributed by atoms with Gasteiger partial charge in [-0.05, 0) is 20.8 Å². The molecule has 2 heterocycles. The van der Waals surface area contributed by atoms with Crippen LogP contribution in [0.3, 0.4) is 0 Å². The predicted octanol–water partition coefficient (Wildman–Crippen LogP) is 0.620. The molecule has 0 aliphatic carbocycles. The number of guanidine groups is 1. The van der Waals surface area contributed by atoms with E-state index >= 15 is 0 Å². The summed E-state index contributed by atoms with van der Waals surface area (Å²) in [7, 11) is -3.44. The lowest BCUT2D eigenvalue weighted by Gasteiger charge is -2.35. The van der Waals surface area contributed by atoms with Crippen molar-refractivity contribution in [2.45, 2.75) is 39.0 Å². The number of aliphatic imine (C=N–C) groups is 1. The Morgan fingerprint density at radius 1 is 1.31 bits per heavy atom. The number of halogens is 1. The van der Waals surface area contributed by atoms with E-state index in [1.165, 1.54) is 10.6 Å². The number of carbonyl (C=O) groups is 1. The van der Waals surface area contributed by atoms with E-state index in [9.17, 15) is 13.2 Å². The van der Waals surface area contributed by atoms with Crippen molar-refractivity contribution in [1.82, 2.24) is 25.0 Å². The fourth-order valence-electron chi connectivity index (χ4n) is 2.85. The van der Waals surface area contributed by atoms with Crippen LogP contribution >= 0.6 is 24.0 Å². The van der Waals surface area contributed by atoms with E-state index in [4.69, 9.17) is 4.52 Å². The Morgan fingerprint density at radius 3 is 2.55 bits per heavy atom. The minimum atomic E-state index is -3.44. The lowest BCUT2D eigenvalue weighted by molar-refractivity contribution is -0.121. The molecule has 0 aromatic carbocycles. The average Bonchev–Trinajstić information content (AvgIpc) is 3.13. The second-order valence-corrected chi connectivity index (χ2v) is 8.81. The SMILES string of the molecule is CCNC(=NCCC(=O)NC(C)C)N1CCN(S(=O)(=O)Cc2ccon2)CC1.I. The number of amides is 1. The first-order valence-corrected chi connectivity index (χ1v) is 11.1. The second kappa shape index (κ2) is 12.3. The van der Waals surface area contributed by atoms with Crippen molar-refractivity contribution in [2.75, 3.05) is 39.3 Å². The number of sulfonamides is 1. The van der Waals surface area contributed by atoms with Gasteiger partial charge in [0.2, 0.25) is 15.9 Å². The van der Waals surface area contributed by atoms with E-state index in [2.05, 4.69) is 20.8 Å². The van der Waals surface area contributed by atoms with Crippen LogP contribution in [0.25, 0.3) is 0 Å². The molecule has 1 aromatic rings. The molecule has 1 aliphatic heterocycles. The van der Waals surface area contributed by atoms with Gasteiger partial charge < -0.3 is 20.1 Å². The summed E-state index contributed by atoms with van der Waals surface area (Å²) in [5, 5.41) is 9.73. The first kappa shape index (κ1) is 25.6. The summed E-state index contributed by atoms with van der Waals surface area (Å²) in [6.45, 7) is 8.69. The number of aromatic nitrogens is 1. The molecular formula is C17H31IN6O4S. The molecule has 2 rings (SSSR count). The van der Waals surface area contributed by atoms with Crippen LogP contribution in [0, 0.1) is 0 Å². The Labute approximate surface area is 189 Å². The largest absolute Gasteiger partial charge is 0.364 e. The van der Waals surface area contributed by atoms with Crippen LogP contribution < -0.4 is 10.6 Å². The third-order valence-corrected chi connectivity index (χ3v) is 5.95. The maximum Gasteiger partial charge on any atom is 0.222 e. The van der Waals surface area contributed by atoms with Gasteiger partial charge >= 0.3 is 0 Å². The Morgan fingerprint density at radius 2 is 2.00 bits per heavy atom. The summed E-state index contributed by atoms with van der Waals surface area (Å²) in [5.74, 6) is 0.509. The summed E-state index contributed by atoms with van der Waals surface area (Å²) in [6.07, 6.45) is 1.68. The Hall–Kier alpha value is -1.41. The molecule has 0 saturated carbocycles. The van der Waals surface area contributed by atoms with Gasteiger partial charge in [-0.2, -0.15) is 4.31 Å². The molecule has 2 N–H and O–H groups in total. The normalized spacial score (nSPS) is 15.9. The first-order valence-electron chi connectivity index (χ1n) is 9.51. The van der Waals surface area contributed by atoms with E-state index in [0.29, 0.717) is 57.3 Å². The smallest absolute Gasteiger partial charge is 0.222 e. The predicted molar refractivity (Wildman–Crippen MR) is 122 cm³/mol. The van der Waals surface area contributed by atoms with Crippen LogP contribution in [0.2, 0.25) is 0 Å². The van der Waals surface area contributed by atoms with Crippen LogP contribution in [0.4, 0.5) is 0 Å². The molecule has 0 spiro atoms. The summed E-state index contributed by atoms with van der Waals surface area (Å²) in [5.41, 5.74) is 0.400. The van der Waals surface area contributed by atoms with Crippen LogP contribution in [0.15, 0.2) is 21.8 Å². The molecule has 0 bridgehead atoms. The summed E-state index contributed by atoms with van der Waals surface area (Å²) >= 11 is 0. The fourth-order valence-corrected chi connectivity index (χ4v) is 4.28. The average molecular weight is 542 g/mol. The van der Waals surface area contributed by atoms with Crippen molar-refractivity contribution in [3.8, 4) is 0 Å². The van der Waals surface area contributed by atoms with Crippen molar-refractivity contribution in [3.05, 3.63) is 18.0 Å². The Bertz CT molecular complexity index is 746. The van der Waals surface area contributed by atoms with Crippen molar-refractivity contribution in [3.63, 3.8) is 0 Å². The summed E-state index contributed by atoms with van der Waals surface area (Å²) in [6, 6.07) is 1.66. The Balaban J connectivity index is 0.00000420. The monoisotopic (exact) mass is 542 g/mol. The van der Waals surface area contributed by atoms with Crippen LogP contribution in [-0.2, 0) is 20.6 Å². The van der Waals surface area contributed by atoms with Gasteiger partial charge in [0.05, 0.1) is 12.2 Å². The second-order valence-electron chi connectivity index (χ2n) is 6.84. The zero-order valence-corrected chi connectivity index (χ0v) is 20.3. The molecule has 29 heavy (non-hydrogen) atoms. The lowest BCUT2D eigenvalue weighted by Crippen LogP contribution is -2.54. The van der Waals surface area contributed by atoms with Gasteiger partial charge in [0.1, 0.15) is 12.0 Å². The van der Waals surface area contributed by atoms with Gasteiger partial charge in [-0.1, -0.05) is 5.16 Å². The highest BCUT2D eigenvalue weighted by Crippen LogP contribution is 2.13. The highest BCUT2D eigenvalue weighted by Gasteiger charge is 2.29. The fraction of sp³-hybridized carbons (Fsp3) is 0.706.